The van der Waals surface area contributed by atoms with Gasteiger partial charge in [0.05, 0.1) is 12.1 Å². The van der Waals surface area contributed by atoms with E-state index in [-0.39, 0.29) is 0 Å². The maximum absolute atomic E-state index is 11.7. The number of pyridine rings is 1. The number of hydrogen-bond donors (Lipinski definition) is 1. The Labute approximate surface area is 110 Å². The summed E-state index contributed by atoms with van der Waals surface area (Å²) in [5.41, 5.74) is 7.13. The lowest BCUT2D eigenvalue weighted by molar-refractivity contribution is -0.144. The molecule has 0 aliphatic rings. The molecular weight excluding hydrogens is 252 g/mol. The Morgan fingerprint density at radius 1 is 1.50 bits per heavy atom. The molecule has 1 unspecified atom stereocenters. The Kier molecular flexibility index (Phi) is 3.79. The highest BCUT2D eigenvalue weighted by molar-refractivity contribution is 6.35. The van der Waals surface area contributed by atoms with Gasteiger partial charge in [0.1, 0.15) is 6.04 Å². The van der Waals surface area contributed by atoms with E-state index >= 15 is 0 Å². The van der Waals surface area contributed by atoms with E-state index in [9.17, 15) is 4.79 Å². The van der Waals surface area contributed by atoms with Crippen molar-refractivity contribution in [1.29, 1.82) is 0 Å². The van der Waals surface area contributed by atoms with Crippen molar-refractivity contribution in [2.45, 2.75) is 13.0 Å². The summed E-state index contributed by atoms with van der Waals surface area (Å²) >= 11 is 6.08. The van der Waals surface area contributed by atoms with Crippen molar-refractivity contribution in [3.8, 4) is 0 Å². The lowest BCUT2D eigenvalue weighted by atomic mass is 10.0. The molecule has 94 valence electrons. The summed E-state index contributed by atoms with van der Waals surface area (Å²) in [6, 6.07) is 6.19. The Balaban J connectivity index is 2.51. The Morgan fingerprint density at radius 2 is 2.28 bits per heavy atom. The standard InChI is InChI=1S/C13H13ClN2O2/c1-2-18-13(17)11(15)9-5-6-10(14)8-4-3-7-16-12(8)9/h3-7,11H,2,15H2,1H3. The maximum atomic E-state index is 11.7. The van der Waals surface area contributed by atoms with E-state index in [2.05, 4.69) is 4.98 Å². The van der Waals surface area contributed by atoms with Crippen molar-refractivity contribution in [3.05, 3.63) is 41.0 Å². The molecule has 0 aliphatic heterocycles. The Morgan fingerprint density at radius 3 is 3.00 bits per heavy atom. The molecule has 2 aromatic rings. The molecule has 2 N–H and O–H groups in total. The number of nitrogens with two attached hydrogens (primary N) is 1. The number of fused-ring (bicyclic) bond motifs is 1. The van der Waals surface area contributed by atoms with E-state index in [4.69, 9.17) is 22.1 Å². The molecule has 5 heteroatoms. The number of benzene rings is 1. The number of rotatable bonds is 3. The molecule has 1 aromatic carbocycles. The van der Waals surface area contributed by atoms with Gasteiger partial charge in [-0.2, -0.15) is 0 Å². The fourth-order valence-electron chi connectivity index (χ4n) is 1.77. The molecule has 0 saturated heterocycles. The summed E-state index contributed by atoms with van der Waals surface area (Å²) in [6.07, 6.45) is 1.64. The number of ether oxygens (including phenoxy) is 1. The van der Waals surface area contributed by atoms with E-state index in [1.54, 1.807) is 31.3 Å². The molecule has 0 fully saturated rings. The van der Waals surface area contributed by atoms with Crippen LogP contribution in [0, 0.1) is 0 Å². The zero-order valence-corrected chi connectivity index (χ0v) is 10.6. The number of aromatic nitrogens is 1. The molecule has 1 heterocycles. The largest absolute Gasteiger partial charge is 0.465 e. The molecule has 0 spiro atoms. The van der Waals surface area contributed by atoms with E-state index in [0.29, 0.717) is 22.7 Å². The van der Waals surface area contributed by atoms with Gasteiger partial charge in [0.15, 0.2) is 0 Å². The van der Waals surface area contributed by atoms with E-state index < -0.39 is 12.0 Å². The third-order valence-corrected chi connectivity index (χ3v) is 2.95. The third kappa shape index (κ3) is 2.30. The number of halogens is 1. The second kappa shape index (κ2) is 5.33. The van der Waals surface area contributed by atoms with E-state index in [1.807, 2.05) is 6.07 Å². The average Bonchev–Trinajstić information content (AvgIpc) is 2.39. The number of carbonyl (C=O) groups is 1. The predicted molar refractivity (Wildman–Crippen MR) is 70.3 cm³/mol. The number of esters is 1. The first kappa shape index (κ1) is 12.8. The highest BCUT2D eigenvalue weighted by Gasteiger charge is 2.20. The van der Waals surface area contributed by atoms with Crippen LogP contribution in [-0.2, 0) is 9.53 Å². The van der Waals surface area contributed by atoms with Crippen molar-refractivity contribution >= 4 is 28.5 Å². The molecule has 0 aliphatic carbocycles. The van der Waals surface area contributed by atoms with Crippen LogP contribution < -0.4 is 5.73 Å². The molecular formula is C13H13ClN2O2. The Hall–Kier alpha value is -1.65. The summed E-state index contributed by atoms with van der Waals surface area (Å²) in [7, 11) is 0. The molecule has 1 atom stereocenters. The van der Waals surface area contributed by atoms with Crippen LogP contribution in [0.2, 0.25) is 5.02 Å². The topological polar surface area (TPSA) is 65.2 Å². The van der Waals surface area contributed by atoms with Crippen molar-refractivity contribution in [2.75, 3.05) is 6.61 Å². The van der Waals surface area contributed by atoms with Crippen LogP contribution in [0.25, 0.3) is 10.9 Å². The summed E-state index contributed by atoms with van der Waals surface area (Å²) in [5.74, 6) is -0.466. The summed E-state index contributed by atoms with van der Waals surface area (Å²) < 4.78 is 4.91. The van der Waals surface area contributed by atoms with Crippen LogP contribution in [0.5, 0.6) is 0 Å². The van der Waals surface area contributed by atoms with Gasteiger partial charge in [-0.3, -0.25) is 4.98 Å². The highest BCUT2D eigenvalue weighted by atomic mass is 35.5. The quantitative estimate of drug-likeness (QED) is 0.865. The van der Waals surface area contributed by atoms with Gasteiger partial charge in [-0.25, -0.2) is 4.79 Å². The SMILES string of the molecule is CCOC(=O)C(N)c1ccc(Cl)c2cccnc12. The molecule has 2 rings (SSSR count). The molecule has 1 aromatic heterocycles. The van der Waals surface area contributed by atoms with Crippen LogP contribution in [0.4, 0.5) is 0 Å². The average molecular weight is 265 g/mol. The van der Waals surface area contributed by atoms with Gasteiger partial charge in [0, 0.05) is 22.2 Å². The molecule has 0 saturated carbocycles. The minimum atomic E-state index is -0.848. The van der Waals surface area contributed by atoms with Crippen molar-refractivity contribution in [2.24, 2.45) is 5.73 Å². The van der Waals surface area contributed by atoms with Gasteiger partial charge in [-0.15, -0.1) is 0 Å². The van der Waals surface area contributed by atoms with Gasteiger partial charge >= 0.3 is 5.97 Å². The van der Waals surface area contributed by atoms with E-state index in [0.717, 1.165) is 5.39 Å². The van der Waals surface area contributed by atoms with Crippen LogP contribution in [0.1, 0.15) is 18.5 Å². The van der Waals surface area contributed by atoms with Gasteiger partial charge in [-0.05, 0) is 25.1 Å². The Bertz CT molecular complexity index is 586. The first-order chi connectivity index (χ1) is 8.65. The molecule has 0 amide bonds. The van der Waals surface area contributed by atoms with Crippen molar-refractivity contribution in [3.63, 3.8) is 0 Å². The fourth-order valence-corrected chi connectivity index (χ4v) is 1.99. The molecule has 18 heavy (non-hydrogen) atoms. The monoisotopic (exact) mass is 264 g/mol. The van der Waals surface area contributed by atoms with Crippen LogP contribution in [-0.4, -0.2) is 17.6 Å². The highest BCUT2D eigenvalue weighted by Crippen LogP contribution is 2.28. The fraction of sp³-hybridized carbons (Fsp3) is 0.231. The van der Waals surface area contributed by atoms with Crippen LogP contribution >= 0.6 is 11.6 Å². The van der Waals surface area contributed by atoms with Crippen LogP contribution in [0.3, 0.4) is 0 Å². The third-order valence-electron chi connectivity index (χ3n) is 2.62. The minimum Gasteiger partial charge on any atom is -0.465 e. The van der Waals surface area contributed by atoms with Gasteiger partial charge in [0.25, 0.3) is 0 Å². The molecule has 4 nitrogen and oxygen atoms in total. The number of carbonyl (C=O) groups excluding carboxylic acids is 1. The second-order valence-electron chi connectivity index (χ2n) is 3.77. The van der Waals surface area contributed by atoms with Gasteiger partial charge in [-0.1, -0.05) is 17.7 Å². The second-order valence-corrected chi connectivity index (χ2v) is 4.17. The first-order valence-corrected chi connectivity index (χ1v) is 5.98. The van der Waals surface area contributed by atoms with Crippen molar-refractivity contribution < 1.29 is 9.53 Å². The number of nitrogens with zero attached hydrogens (tertiary/aromatic N) is 1. The lowest BCUT2D eigenvalue weighted by Crippen LogP contribution is -2.24. The number of hydrogen-bond acceptors (Lipinski definition) is 4. The van der Waals surface area contributed by atoms with Gasteiger partial charge in [0.2, 0.25) is 0 Å². The summed E-state index contributed by atoms with van der Waals surface area (Å²) in [4.78, 5) is 15.9. The predicted octanol–water partition coefficient (Wildman–Crippen LogP) is 2.45. The maximum Gasteiger partial charge on any atom is 0.327 e. The van der Waals surface area contributed by atoms with E-state index in [1.165, 1.54) is 0 Å². The summed E-state index contributed by atoms with van der Waals surface area (Å²) in [6.45, 7) is 2.04. The molecule has 0 bridgehead atoms. The minimum absolute atomic E-state index is 0.297. The smallest absolute Gasteiger partial charge is 0.327 e. The van der Waals surface area contributed by atoms with Gasteiger partial charge < -0.3 is 10.5 Å². The normalized spacial score (nSPS) is 12.4. The molecule has 0 radical (unpaired) electrons. The van der Waals surface area contributed by atoms with Crippen LogP contribution in [0.15, 0.2) is 30.5 Å². The zero-order chi connectivity index (χ0) is 13.1. The first-order valence-electron chi connectivity index (χ1n) is 5.60. The zero-order valence-electron chi connectivity index (χ0n) is 9.89. The lowest BCUT2D eigenvalue weighted by Gasteiger charge is -2.13. The van der Waals surface area contributed by atoms with Crippen molar-refractivity contribution in [1.82, 2.24) is 4.98 Å². The summed E-state index contributed by atoms with van der Waals surface area (Å²) in [5, 5.41) is 1.36.